The van der Waals surface area contributed by atoms with E-state index in [1.807, 2.05) is 6.07 Å². The van der Waals surface area contributed by atoms with Crippen LogP contribution in [0.1, 0.15) is 16.6 Å². The molecule has 108 valence electrons. The van der Waals surface area contributed by atoms with Crippen molar-refractivity contribution in [3.05, 3.63) is 44.5 Å². The molecule has 2 aromatic heterocycles. The topological polar surface area (TPSA) is 48.3 Å². The average Bonchev–Trinajstić information content (AvgIpc) is 2.90. The lowest BCUT2D eigenvalue weighted by molar-refractivity contribution is 0.0532. The number of rotatable bonds is 2. The lowest BCUT2D eigenvalue weighted by atomic mass is 10.2. The maximum atomic E-state index is 12.4. The van der Waals surface area contributed by atoms with Gasteiger partial charge in [0.05, 0.1) is 22.2 Å². The van der Waals surface area contributed by atoms with Crippen LogP contribution in [0.5, 0.6) is 0 Å². The zero-order chi connectivity index (χ0) is 15.1. The van der Waals surface area contributed by atoms with Crippen LogP contribution in [-0.2, 0) is 11.8 Å². The third kappa shape index (κ3) is 2.22. The van der Waals surface area contributed by atoms with Gasteiger partial charge in [-0.15, -0.1) is 11.3 Å². The van der Waals surface area contributed by atoms with Crippen LogP contribution >= 0.6 is 22.9 Å². The quantitative estimate of drug-likeness (QED) is 0.678. The second kappa shape index (κ2) is 5.16. The van der Waals surface area contributed by atoms with E-state index in [1.165, 1.54) is 11.3 Å². The van der Waals surface area contributed by atoms with Gasteiger partial charge in [-0.3, -0.25) is 4.79 Å². The van der Waals surface area contributed by atoms with Gasteiger partial charge in [-0.05, 0) is 31.2 Å². The number of esters is 1. The molecule has 1 aromatic carbocycles. The Bertz CT molecular complexity index is 926. The molecule has 0 atom stereocenters. The number of nitrogens with zero attached hydrogens (tertiary/aromatic N) is 1. The average molecular weight is 322 g/mol. The fourth-order valence-corrected chi connectivity index (χ4v) is 3.56. The summed E-state index contributed by atoms with van der Waals surface area (Å²) in [5.74, 6) is -0.400. The first-order chi connectivity index (χ1) is 10.0. The van der Waals surface area contributed by atoms with Gasteiger partial charge in [0.15, 0.2) is 0 Å². The molecular formula is C15H12ClNO3S. The summed E-state index contributed by atoms with van der Waals surface area (Å²) in [6, 6.07) is 7.00. The van der Waals surface area contributed by atoms with E-state index in [0.717, 1.165) is 15.6 Å². The summed E-state index contributed by atoms with van der Waals surface area (Å²) in [7, 11) is 1.70. The lowest BCUT2D eigenvalue weighted by Crippen LogP contribution is -2.16. The van der Waals surface area contributed by atoms with Crippen molar-refractivity contribution in [1.29, 1.82) is 0 Å². The number of hydrogen-bond acceptors (Lipinski definition) is 4. The molecule has 3 rings (SSSR count). The minimum Gasteiger partial charge on any atom is -0.462 e. The number of aryl methyl sites for hydroxylation is 1. The Morgan fingerprint density at radius 2 is 2.10 bits per heavy atom. The first-order valence-corrected chi connectivity index (χ1v) is 7.61. The van der Waals surface area contributed by atoms with Gasteiger partial charge >= 0.3 is 5.97 Å². The molecular weight excluding hydrogens is 310 g/mol. The monoisotopic (exact) mass is 321 g/mol. The van der Waals surface area contributed by atoms with Crippen molar-refractivity contribution in [2.75, 3.05) is 6.61 Å². The van der Waals surface area contributed by atoms with Crippen molar-refractivity contribution in [1.82, 2.24) is 4.57 Å². The van der Waals surface area contributed by atoms with Crippen LogP contribution in [-0.4, -0.2) is 17.1 Å². The molecule has 2 heterocycles. The summed E-state index contributed by atoms with van der Waals surface area (Å²) in [6.45, 7) is 2.06. The third-order valence-corrected chi connectivity index (χ3v) is 4.69. The molecule has 6 heteroatoms. The van der Waals surface area contributed by atoms with Crippen molar-refractivity contribution in [2.24, 2.45) is 7.05 Å². The number of halogens is 1. The van der Waals surface area contributed by atoms with E-state index in [4.69, 9.17) is 16.3 Å². The van der Waals surface area contributed by atoms with Crippen LogP contribution in [0.15, 0.2) is 29.1 Å². The number of benzene rings is 1. The highest BCUT2D eigenvalue weighted by molar-refractivity contribution is 7.21. The Morgan fingerprint density at radius 3 is 2.81 bits per heavy atom. The fraction of sp³-hybridized carbons (Fsp3) is 0.200. The van der Waals surface area contributed by atoms with E-state index in [0.29, 0.717) is 21.9 Å². The number of ether oxygens (including phenoxy) is 1. The van der Waals surface area contributed by atoms with Gasteiger partial charge in [0.2, 0.25) is 0 Å². The van der Waals surface area contributed by atoms with E-state index < -0.39 is 5.97 Å². The van der Waals surface area contributed by atoms with Crippen LogP contribution in [0.4, 0.5) is 0 Å². The molecule has 3 aromatic rings. The molecule has 0 spiro atoms. The van der Waals surface area contributed by atoms with Crippen molar-refractivity contribution >= 4 is 49.9 Å². The van der Waals surface area contributed by atoms with Crippen molar-refractivity contribution in [3.8, 4) is 0 Å². The zero-order valence-corrected chi connectivity index (χ0v) is 13.0. The van der Waals surface area contributed by atoms with E-state index in [2.05, 4.69) is 0 Å². The molecule has 0 aliphatic rings. The Labute approximate surface area is 129 Å². The molecule has 21 heavy (non-hydrogen) atoms. The fourth-order valence-electron chi connectivity index (χ4n) is 2.32. The van der Waals surface area contributed by atoms with E-state index >= 15 is 0 Å². The highest BCUT2D eigenvalue weighted by Crippen LogP contribution is 2.31. The maximum absolute atomic E-state index is 12.4. The molecule has 0 N–H and O–H groups in total. The van der Waals surface area contributed by atoms with Gasteiger partial charge in [0.1, 0.15) is 4.88 Å². The number of thiophene rings is 1. The SMILES string of the molecule is CCOC(=O)c1cc2c(=O)n(C)c3cc(Cl)ccc3c2s1. The second-order valence-electron chi connectivity index (χ2n) is 4.60. The molecule has 0 aliphatic heterocycles. The molecule has 0 saturated carbocycles. The highest BCUT2D eigenvalue weighted by atomic mass is 35.5. The highest BCUT2D eigenvalue weighted by Gasteiger charge is 2.17. The summed E-state index contributed by atoms with van der Waals surface area (Å²) in [5, 5.41) is 2.00. The second-order valence-corrected chi connectivity index (χ2v) is 6.09. The van der Waals surface area contributed by atoms with Crippen LogP contribution < -0.4 is 5.56 Å². The molecule has 0 unspecified atom stereocenters. The smallest absolute Gasteiger partial charge is 0.348 e. The first kappa shape index (κ1) is 14.1. The number of pyridine rings is 1. The van der Waals surface area contributed by atoms with Crippen molar-refractivity contribution < 1.29 is 9.53 Å². The van der Waals surface area contributed by atoms with Crippen LogP contribution in [0, 0.1) is 0 Å². The standard InChI is InChI=1S/C15H12ClNO3S/c1-3-20-15(19)12-7-10-13(21-12)9-5-4-8(16)6-11(9)17(2)14(10)18/h4-7H,3H2,1-2H3. The number of aromatic nitrogens is 1. The molecule has 0 saturated heterocycles. The molecule has 4 nitrogen and oxygen atoms in total. The van der Waals surface area contributed by atoms with Crippen molar-refractivity contribution in [2.45, 2.75) is 6.92 Å². The van der Waals surface area contributed by atoms with Gasteiger partial charge in [-0.2, -0.15) is 0 Å². The number of carbonyl (C=O) groups excluding carboxylic acids is 1. The minimum absolute atomic E-state index is 0.147. The molecule has 0 amide bonds. The zero-order valence-electron chi connectivity index (χ0n) is 11.5. The van der Waals surface area contributed by atoms with E-state index in [1.54, 1.807) is 36.7 Å². The Kier molecular flexibility index (Phi) is 3.47. The van der Waals surface area contributed by atoms with Gasteiger partial charge in [-0.25, -0.2) is 4.79 Å². The van der Waals surface area contributed by atoms with E-state index in [9.17, 15) is 9.59 Å². The minimum atomic E-state index is -0.400. The summed E-state index contributed by atoms with van der Waals surface area (Å²) >= 11 is 7.28. The summed E-state index contributed by atoms with van der Waals surface area (Å²) in [4.78, 5) is 24.7. The first-order valence-electron chi connectivity index (χ1n) is 6.42. The predicted octanol–water partition coefficient (Wildman–Crippen LogP) is 3.58. The van der Waals surface area contributed by atoms with Gasteiger partial charge < -0.3 is 9.30 Å². The van der Waals surface area contributed by atoms with Gasteiger partial charge in [0.25, 0.3) is 5.56 Å². The van der Waals surface area contributed by atoms with Crippen LogP contribution in [0.25, 0.3) is 21.0 Å². The number of hydrogen-bond donors (Lipinski definition) is 0. The predicted molar refractivity (Wildman–Crippen MR) is 85.5 cm³/mol. The molecule has 0 aliphatic carbocycles. The Balaban J connectivity index is 2.39. The van der Waals surface area contributed by atoms with Gasteiger partial charge in [0, 0.05) is 17.5 Å². The Morgan fingerprint density at radius 1 is 1.33 bits per heavy atom. The number of carbonyl (C=O) groups is 1. The molecule has 0 radical (unpaired) electrons. The Hall–Kier alpha value is -1.85. The maximum Gasteiger partial charge on any atom is 0.348 e. The van der Waals surface area contributed by atoms with Gasteiger partial charge in [-0.1, -0.05) is 11.6 Å². The normalized spacial score (nSPS) is 11.2. The molecule has 0 fully saturated rings. The largest absolute Gasteiger partial charge is 0.462 e. The summed E-state index contributed by atoms with van der Waals surface area (Å²) in [5.41, 5.74) is 0.601. The summed E-state index contributed by atoms with van der Waals surface area (Å²) in [6.07, 6.45) is 0. The van der Waals surface area contributed by atoms with Crippen LogP contribution in [0.2, 0.25) is 5.02 Å². The third-order valence-electron chi connectivity index (χ3n) is 3.31. The number of fused-ring (bicyclic) bond motifs is 3. The van der Waals surface area contributed by atoms with E-state index in [-0.39, 0.29) is 5.56 Å². The van der Waals surface area contributed by atoms with Crippen LogP contribution in [0.3, 0.4) is 0 Å². The summed E-state index contributed by atoms with van der Waals surface area (Å²) < 4.78 is 7.33. The molecule has 0 bridgehead atoms. The van der Waals surface area contributed by atoms with Crippen molar-refractivity contribution in [3.63, 3.8) is 0 Å². The lowest BCUT2D eigenvalue weighted by Gasteiger charge is -2.06.